The van der Waals surface area contributed by atoms with Crippen LogP contribution in [0.2, 0.25) is 0 Å². The van der Waals surface area contributed by atoms with Gasteiger partial charge in [0.25, 0.3) is 0 Å². The van der Waals surface area contributed by atoms with Crippen molar-refractivity contribution >= 4 is 22.4 Å². The maximum Gasteiger partial charge on any atom is 0.142 e. The van der Waals surface area contributed by atoms with Gasteiger partial charge >= 0.3 is 0 Å². The molecule has 1 aliphatic heterocycles. The van der Waals surface area contributed by atoms with Gasteiger partial charge in [0, 0.05) is 18.7 Å². The van der Waals surface area contributed by atoms with Crippen LogP contribution in [0.3, 0.4) is 0 Å². The van der Waals surface area contributed by atoms with Crippen LogP contribution in [0.4, 0.5) is 10.8 Å². The average molecular weight is 268 g/mol. The molecule has 5 heteroatoms. The van der Waals surface area contributed by atoms with Gasteiger partial charge in [-0.2, -0.15) is 4.37 Å². The van der Waals surface area contributed by atoms with E-state index >= 15 is 0 Å². The van der Waals surface area contributed by atoms with Crippen LogP contribution in [0.5, 0.6) is 0 Å². The maximum atomic E-state index is 5.75. The van der Waals surface area contributed by atoms with E-state index in [1.54, 1.807) is 0 Å². The van der Waals surface area contributed by atoms with Crippen molar-refractivity contribution < 1.29 is 0 Å². The van der Waals surface area contributed by atoms with Gasteiger partial charge in [0.2, 0.25) is 0 Å². The van der Waals surface area contributed by atoms with Gasteiger partial charge in [-0.1, -0.05) is 13.3 Å². The highest BCUT2D eigenvalue weighted by Crippen LogP contribution is 2.25. The summed E-state index contributed by atoms with van der Waals surface area (Å²) >= 11 is 1.46. The number of nitrogens with two attached hydrogens (primary N) is 1. The first kappa shape index (κ1) is 13.6. The molecule has 2 heterocycles. The number of likely N-dealkylation sites (tertiary alicyclic amines) is 1. The molecular weight excluding hydrogens is 244 g/mol. The molecule has 1 unspecified atom stereocenters. The molecule has 1 saturated heterocycles. The Morgan fingerprint density at radius 1 is 1.39 bits per heavy atom. The molecule has 4 nitrogen and oxygen atoms in total. The van der Waals surface area contributed by atoms with Crippen LogP contribution >= 0.6 is 11.5 Å². The molecule has 1 aromatic heterocycles. The van der Waals surface area contributed by atoms with Crippen LogP contribution in [0.1, 0.15) is 31.7 Å². The summed E-state index contributed by atoms with van der Waals surface area (Å²) in [6.45, 7) is 9.07. The highest BCUT2D eigenvalue weighted by molar-refractivity contribution is 7.10. The lowest BCUT2D eigenvalue weighted by atomic mass is 10.1. The molecule has 1 aliphatic rings. The molecule has 1 atom stereocenters. The van der Waals surface area contributed by atoms with Gasteiger partial charge in [0.15, 0.2) is 0 Å². The quantitative estimate of drug-likeness (QED) is 0.862. The summed E-state index contributed by atoms with van der Waals surface area (Å²) in [4.78, 5) is 2.59. The van der Waals surface area contributed by atoms with Crippen LogP contribution in [-0.2, 0) is 0 Å². The Hall–Kier alpha value is -0.810. The second-order valence-electron chi connectivity index (χ2n) is 5.37. The fourth-order valence-corrected chi connectivity index (χ4v) is 3.14. The molecule has 0 aromatic carbocycles. The van der Waals surface area contributed by atoms with Crippen LogP contribution in [0, 0.1) is 12.8 Å². The molecule has 102 valence electrons. The molecule has 0 radical (unpaired) electrons. The van der Waals surface area contributed by atoms with Gasteiger partial charge in [-0.25, -0.2) is 0 Å². The van der Waals surface area contributed by atoms with Crippen LogP contribution in [0.25, 0.3) is 0 Å². The number of nitrogens with zero attached hydrogens (tertiary/aromatic N) is 2. The predicted molar refractivity (Wildman–Crippen MR) is 79.2 cm³/mol. The van der Waals surface area contributed by atoms with Crippen molar-refractivity contribution in [1.82, 2.24) is 9.27 Å². The highest BCUT2D eigenvalue weighted by atomic mass is 32.1. The predicted octanol–water partition coefficient (Wildman–Crippen LogP) is 2.57. The third kappa shape index (κ3) is 3.59. The smallest absolute Gasteiger partial charge is 0.142 e. The normalized spacial score (nSPS) is 18.8. The number of hydrogen-bond acceptors (Lipinski definition) is 5. The van der Waals surface area contributed by atoms with Crippen molar-refractivity contribution in [3.63, 3.8) is 0 Å². The molecule has 0 spiro atoms. The first-order valence-corrected chi connectivity index (χ1v) is 7.62. The molecule has 0 aliphatic carbocycles. The number of nitrogens with one attached hydrogen (secondary N) is 1. The summed E-state index contributed by atoms with van der Waals surface area (Å²) in [5, 5.41) is 4.60. The van der Waals surface area contributed by atoms with Crippen LogP contribution in [0.15, 0.2) is 0 Å². The first-order chi connectivity index (χ1) is 8.66. The van der Waals surface area contributed by atoms with Crippen LogP contribution < -0.4 is 11.1 Å². The van der Waals surface area contributed by atoms with E-state index in [1.807, 2.05) is 6.92 Å². The minimum absolute atomic E-state index is 0.658. The number of nitrogen functional groups attached to an aromatic ring is 1. The molecule has 1 fully saturated rings. The van der Waals surface area contributed by atoms with Gasteiger partial charge in [-0.05, 0) is 50.3 Å². The molecular formula is C13H24N4S. The molecule has 18 heavy (non-hydrogen) atoms. The summed E-state index contributed by atoms with van der Waals surface area (Å²) < 4.78 is 4.16. The van der Waals surface area contributed by atoms with E-state index in [1.165, 1.54) is 50.4 Å². The third-order valence-electron chi connectivity index (χ3n) is 3.59. The Bertz CT molecular complexity index is 371. The topological polar surface area (TPSA) is 54.2 Å². The van der Waals surface area contributed by atoms with Gasteiger partial charge in [-0.3, -0.25) is 0 Å². The number of hydrogen-bond donors (Lipinski definition) is 2. The SMILES string of the molecule is Cc1c(N)nsc1NCC(C)CN1CCCCC1. The molecule has 1 aromatic rings. The highest BCUT2D eigenvalue weighted by Gasteiger charge is 2.14. The lowest BCUT2D eigenvalue weighted by Crippen LogP contribution is -2.35. The second-order valence-corrected chi connectivity index (χ2v) is 6.14. The van der Waals surface area contributed by atoms with E-state index in [9.17, 15) is 0 Å². The zero-order chi connectivity index (χ0) is 13.0. The minimum atomic E-state index is 0.658. The molecule has 2 rings (SSSR count). The summed E-state index contributed by atoms with van der Waals surface area (Å²) in [6.07, 6.45) is 4.14. The van der Waals surface area contributed by atoms with Gasteiger partial charge in [0.05, 0.1) is 0 Å². The minimum Gasteiger partial charge on any atom is -0.383 e. The monoisotopic (exact) mass is 268 g/mol. The Balaban J connectivity index is 1.74. The van der Waals surface area contributed by atoms with E-state index in [0.717, 1.165) is 17.1 Å². The van der Waals surface area contributed by atoms with E-state index in [4.69, 9.17) is 5.73 Å². The van der Waals surface area contributed by atoms with Gasteiger partial charge in [-0.15, -0.1) is 0 Å². The third-order valence-corrected chi connectivity index (χ3v) is 4.51. The molecule has 0 saturated carbocycles. The van der Waals surface area contributed by atoms with Gasteiger partial charge < -0.3 is 16.0 Å². The fourth-order valence-electron chi connectivity index (χ4n) is 2.43. The van der Waals surface area contributed by atoms with Gasteiger partial charge in [0.1, 0.15) is 10.8 Å². The van der Waals surface area contributed by atoms with E-state index in [2.05, 4.69) is 21.5 Å². The van der Waals surface area contributed by atoms with E-state index in [0.29, 0.717) is 11.7 Å². The van der Waals surface area contributed by atoms with Crippen LogP contribution in [-0.4, -0.2) is 35.5 Å². The largest absolute Gasteiger partial charge is 0.383 e. The zero-order valence-electron chi connectivity index (χ0n) is 11.4. The lowest BCUT2D eigenvalue weighted by Gasteiger charge is -2.29. The number of rotatable bonds is 5. The van der Waals surface area contributed by atoms with Crippen molar-refractivity contribution in [2.45, 2.75) is 33.1 Å². The standard InChI is InChI=1S/C13H24N4S/c1-10(9-17-6-4-3-5-7-17)8-15-13-11(2)12(14)16-18-13/h10,15H,3-9H2,1-2H3,(H2,14,16). The summed E-state index contributed by atoms with van der Waals surface area (Å²) in [5.74, 6) is 1.32. The Morgan fingerprint density at radius 2 is 2.11 bits per heavy atom. The summed E-state index contributed by atoms with van der Waals surface area (Å²) in [5.41, 5.74) is 6.84. The number of piperidine rings is 1. The Morgan fingerprint density at radius 3 is 2.72 bits per heavy atom. The fraction of sp³-hybridized carbons (Fsp3) is 0.769. The average Bonchev–Trinajstić information content (AvgIpc) is 2.69. The lowest BCUT2D eigenvalue weighted by molar-refractivity contribution is 0.204. The second kappa shape index (κ2) is 6.38. The molecule has 0 bridgehead atoms. The van der Waals surface area contributed by atoms with Crippen molar-refractivity contribution in [2.75, 3.05) is 37.2 Å². The maximum absolute atomic E-state index is 5.75. The van der Waals surface area contributed by atoms with Crippen molar-refractivity contribution in [3.8, 4) is 0 Å². The van der Waals surface area contributed by atoms with Crippen molar-refractivity contribution in [3.05, 3.63) is 5.56 Å². The van der Waals surface area contributed by atoms with E-state index < -0.39 is 0 Å². The summed E-state index contributed by atoms with van der Waals surface area (Å²) in [6, 6.07) is 0. The van der Waals surface area contributed by atoms with E-state index in [-0.39, 0.29) is 0 Å². The number of anilines is 2. The molecule has 3 N–H and O–H groups in total. The Labute approximate surface area is 114 Å². The number of aromatic nitrogens is 1. The van der Waals surface area contributed by atoms with Crippen molar-refractivity contribution in [1.29, 1.82) is 0 Å². The summed E-state index contributed by atoms with van der Waals surface area (Å²) in [7, 11) is 0. The zero-order valence-corrected chi connectivity index (χ0v) is 12.2. The Kier molecular flexibility index (Phi) is 4.83. The first-order valence-electron chi connectivity index (χ1n) is 6.85. The van der Waals surface area contributed by atoms with Crippen molar-refractivity contribution in [2.24, 2.45) is 5.92 Å². The molecule has 0 amide bonds.